The monoisotopic (exact) mass is 414 g/mol. The van der Waals surface area contributed by atoms with Crippen molar-refractivity contribution in [1.82, 2.24) is 15.5 Å². The molecule has 2 aromatic rings. The fraction of sp³-hybridized carbons (Fsp3) is 0.364. The number of hydrogen-bond donors (Lipinski definition) is 2. The van der Waals surface area contributed by atoms with Crippen LogP contribution in [0.25, 0.3) is 0 Å². The van der Waals surface area contributed by atoms with E-state index in [9.17, 15) is 14.0 Å². The number of anilines is 1. The third kappa shape index (κ3) is 6.18. The summed E-state index contributed by atoms with van der Waals surface area (Å²) in [5.74, 6) is -0.775. The van der Waals surface area contributed by atoms with E-state index in [2.05, 4.69) is 20.4 Å². The van der Waals surface area contributed by atoms with Crippen molar-refractivity contribution in [2.45, 2.75) is 6.54 Å². The maximum atomic E-state index is 13.0. The van der Waals surface area contributed by atoms with Crippen LogP contribution in [0.1, 0.15) is 5.56 Å². The molecule has 1 saturated heterocycles. The standard InChI is InChI=1S/C22H27FN4O3/c1-30-20-8-2-17(3-9-20)16-25-22(29)21(28)24-10-11-26-12-14-27(15-13-26)19-6-4-18(23)5-7-19/h2-9H,10-16H2,1H3,(H,24,28)(H,25,29). The number of amides is 2. The van der Waals surface area contributed by atoms with Crippen molar-refractivity contribution in [3.05, 3.63) is 59.9 Å². The first kappa shape index (κ1) is 21.6. The minimum Gasteiger partial charge on any atom is -0.497 e. The van der Waals surface area contributed by atoms with Crippen LogP contribution in [-0.4, -0.2) is 63.1 Å². The molecule has 30 heavy (non-hydrogen) atoms. The molecule has 0 spiro atoms. The number of benzene rings is 2. The molecule has 0 atom stereocenters. The number of hydrogen-bond acceptors (Lipinski definition) is 5. The highest BCUT2D eigenvalue weighted by Gasteiger charge is 2.18. The molecule has 2 aromatic carbocycles. The minimum absolute atomic E-state index is 0.235. The molecule has 8 heteroatoms. The number of rotatable bonds is 7. The molecule has 1 fully saturated rings. The Morgan fingerprint density at radius 3 is 2.20 bits per heavy atom. The lowest BCUT2D eigenvalue weighted by Gasteiger charge is -2.36. The second kappa shape index (κ2) is 10.6. The Morgan fingerprint density at radius 1 is 0.933 bits per heavy atom. The highest BCUT2D eigenvalue weighted by atomic mass is 19.1. The van der Waals surface area contributed by atoms with Crippen molar-refractivity contribution in [2.75, 3.05) is 51.3 Å². The van der Waals surface area contributed by atoms with Gasteiger partial charge in [0.2, 0.25) is 0 Å². The minimum atomic E-state index is -0.646. The summed E-state index contributed by atoms with van der Waals surface area (Å²) < 4.78 is 18.1. The van der Waals surface area contributed by atoms with Gasteiger partial charge in [-0.25, -0.2) is 4.39 Å². The van der Waals surface area contributed by atoms with E-state index in [-0.39, 0.29) is 12.4 Å². The first-order chi connectivity index (χ1) is 14.5. The Morgan fingerprint density at radius 2 is 1.57 bits per heavy atom. The van der Waals surface area contributed by atoms with Gasteiger partial charge in [-0.3, -0.25) is 14.5 Å². The third-order valence-electron chi connectivity index (χ3n) is 5.10. The number of halogens is 1. The van der Waals surface area contributed by atoms with E-state index in [1.165, 1.54) is 12.1 Å². The van der Waals surface area contributed by atoms with Gasteiger partial charge in [0.05, 0.1) is 7.11 Å². The van der Waals surface area contributed by atoms with Crippen molar-refractivity contribution < 1.29 is 18.7 Å². The van der Waals surface area contributed by atoms with Crippen LogP contribution in [0.5, 0.6) is 5.75 Å². The highest BCUT2D eigenvalue weighted by molar-refractivity contribution is 6.35. The lowest BCUT2D eigenvalue weighted by molar-refractivity contribution is -0.139. The first-order valence-electron chi connectivity index (χ1n) is 9.97. The largest absolute Gasteiger partial charge is 0.497 e. The van der Waals surface area contributed by atoms with E-state index in [4.69, 9.17) is 4.74 Å². The summed E-state index contributed by atoms with van der Waals surface area (Å²) in [5.41, 5.74) is 1.90. The zero-order valence-corrected chi connectivity index (χ0v) is 17.1. The van der Waals surface area contributed by atoms with Gasteiger partial charge in [-0.1, -0.05) is 12.1 Å². The fourth-order valence-electron chi connectivity index (χ4n) is 3.30. The number of ether oxygens (including phenoxy) is 1. The van der Waals surface area contributed by atoms with Gasteiger partial charge in [0.25, 0.3) is 0 Å². The summed E-state index contributed by atoms with van der Waals surface area (Å²) in [7, 11) is 1.59. The smallest absolute Gasteiger partial charge is 0.309 e. The van der Waals surface area contributed by atoms with Crippen LogP contribution < -0.4 is 20.3 Å². The van der Waals surface area contributed by atoms with E-state index in [1.807, 2.05) is 12.1 Å². The number of carbonyl (C=O) groups excluding carboxylic acids is 2. The number of carbonyl (C=O) groups is 2. The Hall–Kier alpha value is -3.13. The van der Waals surface area contributed by atoms with Gasteiger partial charge in [-0.05, 0) is 42.0 Å². The topological polar surface area (TPSA) is 73.9 Å². The molecule has 0 saturated carbocycles. The Bertz CT molecular complexity index is 834. The normalized spacial score (nSPS) is 14.3. The van der Waals surface area contributed by atoms with E-state index in [1.54, 1.807) is 31.4 Å². The second-order valence-corrected chi connectivity index (χ2v) is 7.09. The SMILES string of the molecule is COc1ccc(CNC(=O)C(=O)NCCN2CCN(c3ccc(F)cc3)CC2)cc1. The molecule has 0 unspecified atom stereocenters. The molecule has 1 aliphatic heterocycles. The van der Waals surface area contributed by atoms with Crippen molar-refractivity contribution in [3.63, 3.8) is 0 Å². The molecule has 0 bridgehead atoms. The van der Waals surface area contributed by atoms with Crippen LogP contribution >= 0.6 is 0 Å². The first-order valence-corrected chi connectivity index (χ1v) is 9.97. The zero-order chi connectivity index (χ0) is 21.3. The molecule has 160 valence electrons. The average Bonchev–Trinajstić information content (AvgIpc) is 2.78. The van der Waals surface area contributed by atoms with Crippen molar-refractivity contribution in [1.29, 1.82) is 0 Å². The van der Waals surface area contributed by atoms with Crippen LogP contribution in [0.3, 0.4) is 0 Å². The summed E-state index contributed by atoms with van der Waals surface area (Å²) in [6, 6.07) is 13.8. The average molecular weight is 414 g/mol. The van der Waals surface area contributed by atoms with Crippen molar-refractivity contribution in [2.24, 2.45) is 0 Å². The van der Waals surface area contributed by atoms with Crippen LogP contribution in [0.2, 0.25) is 0 Å². The van der Waals surface area contributed by atoms with E-state index >= 15 is 0 Å². The molecule has 2 amide bonds. The van der Waals surface area contributed by atoms with E-state index in [0.29, 0.717) is 13.1 Å². The summed E-state index contributed by atoms with van der Waals surface area (Å²) in [5, 5.41) is 5.28. The zero-order valence-electron chi connectivity index (χ0n) is 17.1. The summed E-state index contributed by atoms with van der Waals surface area (Å²) in [6.07, 6.45) is 0. The van der Waals surface area contributed by atoms with Gasteiger partial charge in [-0.2, -0.15) is 0 Å². The van der Waals surface area contributed by atoms with Crippen molar-refractivity contribution in [3.8, 4) is 5.75 Å². The van der Waals surface area contributed by atoms with Gasteiger partial charge in [0.1, 0.15) is 11.6 Å². The van der Waals surface area contributed by atoms with Gasteiger partial charge in [0, 0.05) is 51.5 Å². The molecule has 0 aliphatic carbocycles. The van der Waals surface area contributed by atoms with Gasteiger partial charge >= 0.3 is 11.8 Å². The lowest BCUT2D eigenvalue weighted by atomic mass is 10.2. The molecular weight excluding hydrogens is 387 g/mol. The maximum absolute atomic E-state index is 13.0. The summed E-state index contributed by atoms with van der Waals surface area (Å²) >= 11 is 0. The molecule has 7 nitrogen and oxygen atoms in total. The highest BCUT2D eigenvalue weighted by Crippen LogP contribution is 2.16. The molecule has 1 heterocycles. The van der Waals surface area contributed by atoms with Crippen LogP contribution in [0.4, 0.5) is 10.1 Å². The Labute approximate surface area is 175 Å². The molecule has 0 aromatic heterocycles. The van der Waals surface area contributed by atoms with Crippen LogP contribution in [0, 0.1) is 5.82 Å². The number of nitrogens with zero attached hydrogens (tertiary/aromatic N) is 2. The predicted molar refractivity (Wildman–Crippen MR) is 113 cm³/mol. The Kier molecular flexibility index (Phi) is 7.62. The molecular formula is C22H27FN4O3. The molecule has 0 radical (unpaired) electrons. The Balaban J connectivity index is 1.32. The summed E-state index contributed by atoms with van der Waals surface area (Å²) in [4.78, 5) is 28.4. The number of piperazine rings is 1. The van der Waals surface area contributed by atoms with Crippen LogP contribution in [0.15, 0.2) is 48.5 Å². The number of methoxy groups -OCH3 is 1. The second-order valence-electron chi connectivity index (χ2n) is 7.09. The lowest BCUT2D eigenvalue weighted by Crippen LogP contribution is -2.49. The molecule has 3 rings (SSSR count). The van der Waals surface area contributed by atoms with Crippen LogP contribution in [-0.2, 0) is 16.1 Å². The van der Waals surface area contributed by atoms with E-state index < -0.39 is 11.8 Å². The van der Waals surface area contributed by atoms with Gasteiger partial charge in [-0.15, -0.1) is 0 Å². The predicted octanol–water partition coefficient (Wildman–Crippen LogP) is 1.39. The molecule has 2 N–H and O–H groups in total. The molecule has 1 aliphatic rings. The maximum Gasteiger partial charge on any atom is 0.309 e. The van der Waals surface area contributed by atoms with Gasteiger partial charge < -0.3 is 20.3 Å². The van der Waals surface area contributed by atoms with Crippen molar-refractivity contribution >= 4 is 17.5 Å². The fourth-order valence-corrected chi connectivity index (χ4v) is 3.30. The van der Waals surface area contributed by atoms with E-state index in [0.717, 1.165) is 43.2 Å². The third-order valence-corrected chi connectivity index (χ3v) is 5.10. The number of nitrogens with one attached hydrogen (secondary N) is 2. The summed E-state index contributed by atoms with van der Waals surface area (Å²) in [6.45, 7) is 4.72. The quantitative estimate of drug-likeness (QED) is 0.670. The van der Waals surface area contributed by atoms with Gasteiger partial charge in [0.15, 0.2) is 0 Å².